The van der Waals surface area contributed by atoms with Crippen molar-refractivity contribution in [2.24, 2.45) is 5.92 Å². The number of rotatable bonds is 4. The van der Waals surface area contributed by atoms with Gasteiger partial charge in [-0.15, -0.1) is 0 Å². The fraction of sp³-hybridized carbons (Fsp3) is 0.412. The Hall–Kier alpha value is -2.34. The molecule has 1 aliphatic heterocycles. The molecule has 6 heteroatoms. The van der Waals surface area contributed by atoms with Crippen LogP contribution < -0.4 is 15.4 Å². The Labute approximate surface area is 134 Å². The summed E-state index contributed by atoms with van der Waals surface area (Å²) in [4.78, 5) is 16.4. The average Bonchev–Trinajstić information content (AvgIpc) is 3.31. The third kappa shape index (κ3) is 2.70. The fourth-order valence-electron chi connectivity index (χ4n) is 3.51. The Morgan fingerprint density at radius 1 is 1.35 bits per heavy atom. The summed E-state index contributed by atoms with van der Waals surface area (Å²) in [7, 11) is 1.62. The van der Waals surface area contributed by atoms with E-state index in [-0.39, 0.29) is 17.8 Å². The van der Waals surface area contributed by atoms with Gasteiger partial charge in [0.15, 0.2) is 5.76 Å². The molecule has 1 aliphatic carbocycles. The summed E-state index contributed by atoms with van der Waals surface area (Å²) in [6.07, 6.45) is 3.76. The van der Waals surface area contributed by atoms with Crippen LogP contribution in [0.1, 0.15) is 23.5 Å². The van der Waals surface area contributed by atoms with Gasteiger partial charge < -0.3 is 19.8 Å². The maximum atomic E-state index is 12.3. The number of aromatic nitrogens is 1. The highest BCUT2D eigenvalue weighted by atomic mass is 16.5. The number of carbonyl (C=O) groups excluding carboxylic acids is 1. The number of fused-ring (bicyclic) bond motifs is 2. The number of nitrogens with zero attached hydrogens (tertiary/aromatic N) is 1. The average molecular weight is 313 g/mol. The van der Waals surface area contributed by atoms with E-state index in [1.165, 1.54) is 0 Å². The van der Waals surface area contributed by atoms with Gasteiger partial charge in [-0.2, -0.15) is 0 Å². The molecule has 2 N–H and O–H groups in total. The molecule has 1 saturated carbocycles. The zero-order valence-electron chi connectivity index (χ0n) is 12.9. The molecule has 0 spiro atoms. The maximum Gasteiger partial charge on any atom is 0.307 e. The van der Waals surface area contributed by atoms with Gasteiger partial charge >= 0.3 is 5.91 Å². The SMILES string of the molecule is COc1ccc(-c2cnc(C(=O)NC3CC4CNC3C4)o2)cc1. The number of hydrogen-bond acceptors (Lipinski definition) is 5. The molecule has 1 amide bonds. The lowest BCUT2D eigenvalue weighted by Gasteiger charge is -2.23. The van der Waals surface area contributed by atoms with Gasteiger partial charge in [0.1, 0.15) is 5.75 Å². The van der Waals surface area contributed by atoms with E-state index in [1.54, 1.807) is 13.3 Å². The molecule has 1 saturated heterocycles. The third-order valence-corrected chi connectivity index (χ3v) is 4.72. The molecule has 1 aromatic carbocycles. The summed E-state index contributed by atoms with van der Waals surface area (Å²) in [6.45, 7) is 1.07. The van der Waals surface area contributed by atoms with Crippen molar-refractivity contribution in [3.05, 3.63) is 36.4 Å². The second-order valence-electron chi connectivity index (χ2n) is 6.19. The van der Waals surface area contributed by atoms with Gasteiger partial charge in [0.25, 0.3) is 5.89 Å². The van der Waals surface area contributed by atoms with Crippen LogP contribution >= 0.6 is 0 Å². The van der Waals surface area contributed by atoms with Crippen molar-refractivity contribution in [2.75, 3.05) is 13.7 Å². The van der Waals surface area contributed by atoms with Gasteiger partial charge in [-0.05, 0) is 49.6 Å². The quantitative estimate of drug-likeness (QED) is 0.900. The fourth-order valence-corrected chi connectivity index (χ4v) is 3.51. The predicted octanol–water partition coefficient (Wildman–Crippen LogP) is 1.83. The number of oxazole rings is 1. The number of ether oxygens (including phenoxy) is 1. The number of amides is 1. The molecule has 120 valence electrons. The van der Waals surface area contributed by atoms with Gasteiger partial charge in [-0.25, -0.2) is 4.98 Å². The molecular weight excluding hydrogens is 294 g/mol. The van der Waals surface area contributed by atoms with Gasteiger partial charge in [0.2, 0.25) is 0 Å². The summed E-state index contributed by atoms with van der Waals surface area (Å²) >= 11 is 0. The third-order valence-electron chi connectivity index (χ3n) is 4.72. The Balaban J connectivity index is 1.45. The van der Waals surface area contributed by atoms with Crippen LogP contribution in [-0.2, 0) is 0 Å². The standard InChI is InChI=1S/C17H19N3O3/c1-22-12-4-2-11(3-5-12)15-9-19-17(23-15)16(21)20-14-7-10-6-13(14)18-8-10/h2-5,9-10,13-14,18H,6-8H2,1H3,(H,20,21). The topological polar surface area (TPSA) is 76.4 Å². The summed E-state index contributed by atoms with van der Waals surface area (Å²) < 4.78 is 10.7. The van der Waals surface area contributed by atoms with Gasteiger partial charge in [-0.3, -0.25) is 4.79 Å². The van der Waals surface area contributed by atoms with Crippen molar-refractivity contribution in [3.63, 3.8) is 0 Å². The summed E-state index contributed by atoms with van der Waals surface area (Å²) in [5, 5.41) is 6.46. The number of methoxy groups -OCH3 is 1. The van der Waals surface area contributed by atoms with Gasteiger partial charge in [0.05, 0.1) is 13.3 Å². The van der Waals surface area contributed by atoms with Gasteiger partial charge in [0, 0.05) is 17.6 Å². The van der Waals surface area contributed by atoms with Crippen molar-refractivity contribution in [1.82, 2.24) is 15.6 Å². The number of piperidine rings is 1. The highest BCUT2D eigenvalue weighted by molar-refractivity contribution is 5.90. The van der Waals surface area contributed by atoms with E-state index in [2.05, 4.69) is 15.6 Å². The minimum Gasteiger partial charge on any atom is -0.497 e. The molecule has 2 heterocycles. The first kappa shape index (κ1) is 14.3. The number of carbonyl (C=O) groups is 1. The minimum atomic E-state index is -0.246. The molecule has 3 atom stereocenters. The molecule has 1 aromatic heterocycles. The van der Waals surface area contributed by atoms with Crippen LogP contribution in [0.2, 0.25) is 0 Å². The second-order valence-corrected chi connectivity index (χ2v) is 6.19. The number of nitrogens with one attached hydrogen (secondary N) is 2. The normalized spacial score (nSPS) is 25.5. The van der Waals surface area contributed by atoms with Crippen LogP contribution in [0.3, 0.4) is 0 Å². The van der Waals surface area contributed by atoms with Crippen LogP contribution in [0.4, 0.5) is 0 Å². The van der Waals surface area contributed by atoms with E-state index in [9.17, 15) is 4.79 Å². The van der Waals surface area contributed by atoms with E-state index < -0.39 is 0 Å². The molecule has 23 heavy (non-hydrogen) atoms. The lowest BCUT2D eigenvalue weighted by Crippen LogP contribution is -2.48. The van der Waals surface area contributed by atoms with Crippen molar-refractivity contribution in [2.45, 2.75) is 24.9 Å². The first-order chi connectivity index (χ1) is 11.2. The molecule has 2 bridgehead atoms. The van der Waals surface area contributed by atoms with Crippen molar-refractivity contribution in [3.8, 4) is 17.1 Å². The molecule has 2 aromatic rings. The number of hydrogen-bond donors (Lipinski definition) is 2. The molecule has 0 radical (unpaired) electrons. The second kappa shape index (κ2) is 5.70. The molecule has 2 fully saturated rings. The van der Waals surface area contributed by atoms with E-state index >= 15 is 0 Å². The van der Waals surface area contributed by atoms with Crippen LogP contribution in [0.15, 0.2) is 34.9 Å². The largest absolute Gasteiger partial charge is 0.497 e. The Morgan fingerprint density at radius 3 is 2.83 bits per heavy atom. The Morgan fingerprint density at radius 2 is 2.17 bits per heavy atom. The monoisotopic (exact) mass is 313 g/mol. The summed E-state index contributed by atoms with van der Waals surface area (Å²) in [5.41, 5.74) is 0.860. The smallest absolute Gasteiger partial charge is 0.307 e. The Kier molecular flexibility index (Phi) is 3.53. The first-order valence-electron chi connectivity index (χ1n) is 7.87. The van der Waals surface area contributed by atoms with E-state index in [0.717, 1.165) is 30.7 Å². The van der Waals surface area contributed by atoms with E-state index in [1.807, 2.05) is 24.3 Å². The van der Waals surface area contributed by atoms with E-state index in [4.69, 9.17) is 9.15 Å². The highest BCUT2D eigenvalue weighted by Crippen LogP contribution is 2.31. The van der Waals surface area contributed by atoms with E-state index in [0.29, 0.717) is 17.7 Å². The van der Waals surface area contributed by atoms with Crippen molar-refractivity contribution < 1.29 is 13.9 Å². The zero-order chi connectivity index (χ0) is 15.8. The minimum absolute atomic E-state index is 0.110. The van der Waals surface area contributed by atoms with Crippen molar-refractivity contribution in [1.29, 1.82) is 0 Å². The highest BCUT2D eigenvalue weighted by Gasteiger charge is 2.40. The molecule has 3 unspecified atom stereocenters. The Bertz CT molecular complexity index is 710. The maximum absolute atomic E-state index is 12.3. The van der Waals surface area contributed by atoms with Crippen LogP contribution in [0.5, 0.6) is 5.75 Å². The summed E-state index contributed by atoms with van der Waals surface area (Å²) in [6, 6.07) is 8.01. The molecule has 6 nitrogen and oxygen atoms in total. The van der Waals surface area contributed by atoms with Crippen LogP contribution in [0.25, 0.3) is 11.3 Å². The van der Waals surface area contributed by atoms with Gasteiger partial charge in [-0.1, -0.05) is 0 Å². The van der Waals surface area contributed by atoms with Crippen LogP contribution in [0, 0.1) is 5.92 Å². The first-order valence-corrected chi connectivity index (χ1v) is 7.87. The molecule has 4 rings (SSSR count). The number of benzene rings is 1. The lowest BCUT2D eigenvalue weighted by atomic mass is 10.1. The van der Waals surface area contributed by atoms with Crippen LogP contribution in [-0.4, -0.2) is 36.6 Å². The predicted molar refractivity (Wildman–Crippen MR) is 84.3 cm³/mol. The molecular formula is C17H19N3O3. The molecule has 2 aliphatic rings. The zero-order valence-corrected chi connectivity index (χ0v) is 12.9. The lowest BCUT2D eigenvalue weighted by molar-refractivity contribution is 0.0894. The summed E-state index contributed by atoms with van der Waals surface area (Å²) in [5.74, 6) is 1.89. The van der Waals surface area contributed by atoms with Crippen molar-refractivity contribution >= 4 is 5.91 Å².